The molecule has 0 aliphatic carbocycles. The van der Waals surface area contributed by atoms with Crippen LogP contribution in [0.4, 0.5) is 13.2 Å². The number of carbonyl (C=O) groups excluding carboxylic acids is 1. The van der Waals surface area contributed by atoms with E-state index in [4.69, 9.17) is 0 Å². The molecule has 0 aromatic carbocycles. The Bertz CT molecular complexity index is 253. The molecule has 0 heterocycles. The van der Waals surface area contributed by atoms with Crippen molar-refractivity contribution < 1.29 is 26.4 Å². The quantitative estimate of drug-likeness (QED) is 0.633. The molecule has 0 fully saturated rings. The predicted molar refractivity (Wildman–Crippen MR) is 28.8 cm³/mol. The van der Waals surface area contributed by atoms with E-state index in [9.17, 15) is 26.4 Å². The highest BCUT2D eigenvalue weighted by atomic mass is 32.2. The Morgan fingerprint density at radius 1 is 1.36 bits per heavy atom. The second kappa shape index (κ2) is 2.68. The van der Waals surface area contributed by atoms with Crippen LogP contribution >= 0.6 is 0 Å². The molecular formula is C3H4F3NO3S. The fourth-order valence-electron chi connectivity index (χ4n) is 0.247. The van der Waals surface area contributed by atoms with Crippen molar-refractivity contribution in [2.45, 2.75) is 12.4 Å². The van der Waals surface area contributed by atoms with Crippen LogP contribution in [-0.2, 0) is 14.8 Å². The summed E-state index contributed by atoms with van der Waals surface area (Å²) in [4.78, 5) is 9.92. The van der Waals surface area contributed by atoms with Gasteiger partial charge in [0, 0.05) is 6.92 Å². The average Bonchev–Trinajstić information content (AvgIpc) is 1.56. The number of halogens is 3. The van der Waals surface area contributed by atoms with E-state index in [1.807, 2.05) is 0 Å². The largest absolute Gasteiger partial charge is 0.516 e. The molecule has 1 amide bonds. The normalized spacial score (nSPS) is 12.7. The van der Waals surface area contributed by atoms with E-state index < -0.39 is 21.4 Å². The Kier molecular flexibility index (Phi) is 2.49. The fourth-order valence-corrected chi connectivity index (χ4v) is 0.741. The van der Waals surface area contributed by atoms with Crippen molar-refractivity contribution >= 4 is 15.9 Å². The molecule has 0 saturated carbocycles. The van der Waals surface area contributed by atoms with Crippen LogP contribution in [0.15, 0.2) is 0 Å². The highest BCUT2D eigenvalue weighted by molar-refractivity contribution is 7.90. The predicted octanol–water partition coefficient (Wildman–Crippen LogP) is -0.0279. The summed E-state index contributed by atoms with van der Waals surface area (Å²) in [5.41, 5.74) is -5.43. The van der Waals surface area contributed by atoms with Crippen LogP contribution in [0.2, 0.25) is 0 Å². The van der Waals surface area contributed by atoms with Crippen LogP contribution in [0.5, 0.6) is 0 Å². The summed E-state index contributed by atoms with van der Waals surface area (Å²) in [5, 5.41) is 0. The molecule has 0 aromatic rings. The number of hydrogen-bond donors (Lipinski definition) is 1. The molecule has 0 bridgehead atoms. The van der Waals surface area contributed by atoms with Gasteiger partial charge in [-0.25, -0.2) is 4.72 Å². The zero-order valence-corrected chi connectivity index (χ0v) is 6.08. The van der Waals surface area contributed by atoms with Crippen LogP contribution in [-0.4, -0.2) is 19.8 Å². The van der Waals surface area contributed by atoms with E-state index >= 15 is 0 Å². The van der Waals surface area contributed by atoms with Crippen molar-refractivity contribution in [3.63, 3.8) is 0 Å². The van der Waals surface area contributed by atoms with Crippen LogP contribution in [0.25, 0.3) is 0 Å². The molecule has 0 aromatic heterocycles. The molecule has 0 saturated heterocycles. The molecule has 0 spiro atoms. The van der Waals surface area contributed by atoms with Gasteiger partial charge in [0.1, 0.15) is 0 Å². The zero-order valence-electron chi connectivity index (χ0n) is 5.27. The third-order valence-electron chi connectivity index (χ3n) is 0.583. The molecule has 8 heteroatoms. The highest BCUT2D eigenvalue weighted by Gasteiger charge is 2.46. The lowest BCUT2D eigenvalue weighted by Crippen LogP contribution is -2.38. The molecule has 66 valence electrons. The number of carbonyl (C=O) groups is 1. The minimum atomic E-state index is -5.50. The first-order chi connectivity index (χ1) is 4.67. The van der Waals surface area contributed by atoms with Crippen LogP contribution in [0.1, 0.15) is 6.92 Å². The smallest absolute Gasteiger partial charge is 0.274 e. The Hall–Kier alpha value is -0.790. The highest BCUT2D eigenvalue weighted by Crippen LogP contribution is 2.21. The summed E-state index contributed by atoms with van der Waals surface area (Å²) in [6.45, 7) is 0.670. The Morgan fingerprint density at radius 2 is 1.73 bits per heavy atom. The van der Waals surface area contributed by atoms with Crippen LogP contribution < -0.4 is 4.72 Å². The van der Waals surface area contributed by atoms with Gasteiger partial charge in [-0.3, -0.25) is 4.79 Å². The maximum absolute atomic E-state index is 11.4. The molecular weight excluding hydrogens is 187 g/mol. The summed E-state index contributed by atoms with van der Waals surface area (Å²) >= 11 is 0. The van der Waals surface area contributed by atoms with E-state index in [0.29, 0.717) is 6.92 Å². The third-order valence-corrected chi connectivity index (χ3v) is 1.75. The third kappa shape index (κ3) is 2.74. The van der Waals surface area contributed by atoms with Gasteiger partial charge in [-0.2, -0.15) is 21.6 Å². The van der Waals surface area contributed by atoms with Gasteiger partial charge in [0.15, 0.2) is 0 Å². The standard InChI is InChI=1S/C3H4F3NO3S/c1-2(8)7-11(9,10)3(4,5)6/h1H3,(H,7,8). The first-order valence-electron chi connectivity index (χ1n) is 2.26. The summed E-state index contributed by atoms with van der Waals surface area (Å²) < 4.78 is 55.0. The number of rotatable bonds is 1. The molecule has 4 nitrogen and oxygen atoms in total. The van der Waals surface area contributed by atoms with E-state index in [2.05, 4.69) is 0 Å². The minimum Gasteiger partial charge on any atom is -0.274 e. The van der Waals surface area contributed by atoms with Gasteiger partial charge >= 0.3 is 15.5 Å². The van der Waals surface area contributed by atoms with Gasteiger partial charge in [-0.15, -0.1) is 0 Å². The molecule has 0 rings (SSSR count). The molecule has 0 atom stereocenters. The first-order valence-corrected chi connectivity index (χ1v) is 3.75. The number of sulfonamides is 1. The molecule has 11 heavy (non-hydrogen) atoms. The second-order valence-corrected chi connectivity index (χ2v) is 3.28. The van der Waals surface area contributed by atoms with Crippen molar-refractivity contribution in [3.8, 4) is 0 Å². The lowest BCUT2D eigenvalue weighted by molar-refractivity contribution is -0.117. The van der Waals surface area contributed by atoms with Crippen molar-refractivity contribution in [2.24, 2.45) is 0 Å². The number of amides is 1. The SMILES string of the molecule is CC(=O)NS(=O)(=O)C(F)(F)F. The summed E-state index contributed by atoms with van der Waals surface area (Å²) in [6.07, 6.45) is 0. The zero-order chi connectivity index (χ0) is 9.28. The van der Waals surface area contributed by atoms with Gasteiger partial charge in [-0.05, 0) is 0 Å². The van der Waals surface area contributed by atoms with Crippen molar-refractivity contribution in [2.75, 3.05) is 0 Å². The van der Waals surface area contributed by atoms with Crippen LogP contribution in [0, 0.1) is 0 Å². The molecule has 0 aliphatic rings. The number of hydrogen-bond acceptors (Lipinski definition) is 3. The van der Waals surface area contributed by atoms with Gasteiger partial charge in [0.05, 0.1) is 0 Å². The number of nitrogens with one attached hydrogen (secondary N) is 1. The lowest BCUT2D eigenvalue weighted by atomic mass is 10.8. The average molecular weight is 191 g/mol. The van der Waals surface area contributed by atoms with Crippen molar-refractivity contribution in [3.05, 3.63) is 0 Å². The van der Waals surface area contributed by atoms with Gasteiger partial charge in [0.25, 0.3) is 0 Å². The van der Waals surface area contributed by atoms with Crippen LogP contribution in [0.3, 0.4) is 0 Å². The maximum atomic E-state index is 11.4. The summed E-state index contributed by atoms with van der Waals surface area (Å²) in [6, 6.07) is 0. The van der Waals surface area contributed by atoms with E-state index in [-0.39, 0.29) is 0 Å². The Balaban J connectivity index is 4.64. The molecule has 1 N–H and O–H groups in total. The van der Waals surface area contributed by atoms with Crippen molar-refractivity contribution in [1.29, 1.82) is 0 Å². The Labute approximate surface area is 60.4 Å². The molecule has 0 radical (unpaired) electrons. The minimum absolute atomic E-state index is 0.670. The summed E-state index contributed by atoms with van der Waals surface area (Å²) in [7, 11) is -5.50. The van der Waals surface area contributed by atoms with E-state index in [1.165, 1.54) is 0 Å². The van der Waals surface area contributed by atoms with Gasteiger partial charge in [-0.1, -0.05) is 0 Å². The number of alkyl halides is 3. The molecule has 0 unspecified atom stereocenters. The lowest BCUT2D eigenvalue weighted by Gasteiger charge is -2.06. The van der Waals surface area contributed by atoms with Crippen molar-refractivity contribution in [1.82, 2.24) is 4.72 Å². The van der Waals surface area contributed by atoms with E-state index in [1.54, 1.807) is 0 Å². The second-order valence-electron chi connectivity index (χ2n) is 1.61. The monoisotopic (exact) mass is 191 g/mol. The fraction of sp³-hybridized carbons (Fsp3) is 0.667. The first kappa shape index (κ1) is 10.2. The maximum Gasteiger partial charge on any atom is 0.516 e. The summed E-state index contributed by atoms with van der Waals surface area (Å²) in [5.74, 6) is -1.28. The van der Waals surface area contributed by atoms with Gasteiger partial charge < -0.3 is 0 Å². The topological polar surface area (TPSA) is 63.2 Å². The molecule has 0 aliphatic heterocycles. The Morgan fingerprint density at radius 3 is 1.82 bits per heavy atom. The van der Waals surface area contributed by atoms with Gasteiger partial charge in [0.2, 0.25) is 5.91 Å². The van der Waals surface area contributed by atoms with E-state index in [0.717, 1.165) is 4.72 Å².